The Balaban J connectivity index is 3.25. The molecule has 1 aromatic rings. The zero-order valence-electron chi connectivity index (χ0n) is 5.48. The Hall–Kier alpha value is -1.56. The van der Waals surface area contributed by atoms with Gasteiger partial charge >= 0.3 is 0 Å². The van der Waals surface area contributed by atoms with Gasteiger partial charge in [-0.05, 0) is 18.3 Å². The van der Waals surface area contributed by atoms with Gasteiger partial charge in [0.2, 0.25) is 0 Å². The number of rotatable bonds is 1. The number of hydrogen-bond acceptors (Lipinski definition) is 4. The molecule has 0 atom stereocenters. The zero-order chi connectivity index (χ0) is 8.10. The van der Waals surface area contributed by atoms with E-state index in [0.29, 0.717) is 11.3 Å². The fourth-order valence-electron chi connectivity index (χ4n) is 0.619. The maximum atomic E-state index is 8.55. The molecule has 1 aromatic heterocycles. The van der Waals surface area contributed by atoms with E-state index >= 15 is 0 Å². The number of thiocarbonyl (C=S) groups is 1. The molecule has 0 saturated heterocycles. The minimum Gasteiger partial charge on any atom is -0.262 e. The third kappa shape index (κ3) is 1.68. The van der Waals surface area contributed by atoms with Crippen LogP contribution in [0.15, 0.2) is 23.5 Å². The van der Waals surface area contributed by atoms with Crippen LogP contribution in [0.5, 0.6) is 0 Å². The Morgan fingerprint density at radius 3 is 3.09 bits per heavy atom. The third-order valence-electron chi connectivity index (χ3n) is 1.09. The van der Waals surface area contributed by atoms with Crippen LogP contribution < -0.4 is 0 Å². The van der Waals surface area contributed by atoms with Gasteiger partial charge in [0.25, 0.3) is 0 Å². The highest BCUT2D eigenvalue weighted by molar-refractivity contribution is 7.78. The number of hydrogen-bond donors (Lipinski definition) is 0. The molecule has 0 saturated carbocycles. The van der Waals surface area contributed by atoms with E-state index in [0.717, 1.165) is 0 Å². The van der Waals surface area contributed by atoms with E-state index < -0.39 is 0 Å². The first-order valence-corrected chi connectivity index (χ1v) is 3.21. The minimum atomic E-state index is 0.456. The van der Waals surface area contributed by atoms with Crippen molar-refractivity contribution in [2.75, 3.05) is 0 Å². The number of aliphatic imine (C=N–C) groups is 1. The lowest BCUT2D eigenvalue weighted by atomic mass is 10.2. The van der Waals surface area contributed by atoms with Gasteiger partial charge in [0, 0.05) is 6.20 Å². The molecule has 0 aliphatic rings. The maximum absolute atomic E-state index is 8.55. The average Bonchev–Trinajstić information content (AvgIpc) is 2.06. The van der Waals surface area contributed by atoms with Gasteiger partial charge in [-0.2, -0.15) is 10.3 Å². The smallest absolute Gasteiger partial charge is 0.110 e. The summed E-state index contributed by atoms with van der Waals surface area (Å²) in [6.07, 6.45) is 3.00. The highest BCUT2D eigenvalue weighted by Crippen LogP contribution is 2.14. The van der Waals surface area contributed by atoms with Crippen molar-refractivity contribution in [3.05, 3.63) is 24.0 Å². The topological polar surface area (TPSA) is 49.0 Å². The van der Waals surface area contributed by atoms with Crippen molar-refractivity contribution in [3.63, 3.8) is 0 Å². The summed E-state index contributed by atoms with van der Waals surface area (Å²) in [5.41, 5.74) is 0.919. The maximum Gasteiger partial charge on any atom is 0.110 e. The number of pyridine rings is 1. The largest absolute Gasteiger partial charge is 0.262 e. The monoisotopic (exact) mass is 161 g/mol. The molecule has 0 spiro atoms. The van der Waals surface area contributed by atoms with Crippen molar-refractivity contribution in [3.8, 4) is 6.07 Å². The highest BCUT2D eigenvalue weighted by atomic mass is 32.1. The first kappa shape index (κ1) is 7.55. The summed E-state index contributed by atoms with van der Waals surface area (Å²) >= 11 is 4.39. The van der Waals surface area contributed by atoms with Gasteiger partial charge in [-0.1, -0.05) is 0 Å². The van der Waals surface area contributed by atoms with Crippen molar-refractivity contribution < 1.29 is 0 Å². The molecule has 0 aliphatic carbocycles. The minimum absolute atomic E-state index is 0.456. The lowest BCUT2D eigenvalue weighted by Gasteiger charge is -1.90. The van der Waals surface area contributed by atoms with Crippen molar-refractivity contribution in [1.82, 2.24) is 4.98 Å². The quantitative estimate of drug-likeness (QED) is 0.465. The second-order valence-electron chi connectivity index (χ2n) is 1.71. The Bertz CT molecular complexity index is 347. The summed E-state index contributed by atoms with van der Waals surface area (Å²) < 4.78 is 0. The van der Waals surface area contributed by atoms with Crippen LogP contribution in [0.3, 0.4) is 0 Å². The van der Waals surface area contributed by atoms with Crippen LogP contribution in [0.25, 0.3) is 0 Å². The molecule has 0 amide bonds. The van der Waals surface area contributed by atoms with Crippen LogP contribution in [0.4, 0.5) is 5.69 Å². The molecule has 0 bridgehead atoms. The molecule has 0 N–H and O–H groups in total. The van der Waals surface area contributed by atoms with E-state index in [1.54, 1.807) is 6.07 Å². The predicted octanol–water partition coefficient (Wildman–Crippen LogP) is 1.69. The fourth-order valence-corrected chi connectivity index (χ4v) is 0.717. The number of aromatic nitrogens is 1. The van der Waals surface area contributed by atoms with E-state index in [1.807, 2.05) is 6.07 Å². The first-order valence-electron chi connectivity index (χ1n) is 2.80. The first-order chi connectivity index (χ1) is 5.38. The van der Waals surface area contributed by atoms with Crippen molar-refractivity contribution in [2.24, 2.45) is 4.99 Å². The number of isothiocyanates is 1. The Morgan fingerprint density at radius 1 is 1.64 bits per heavy atom. The normalized spacial score (nSPS) is 7.91. The molecule has 11 heavy (non-hydrogen) atoms. The fraction of sp³-hybridized carbons (Fsp3) is 0. The van der Waals surface area contributed by atoms with Gasteiger partial charge in [0.1, 0.15) is 11.8 Å². The van der Waals surface area contributed by atoms with Crippen molar-refractivity contribution >= 4 is 23.1 Å². The SMILES string of the molecule is N#Cc1ccncc1N=C=S. The molecular formula is C7H3N3S. The van der Waals surface area contributed by atoms with Crippen LogP contribution in [0.2, 0.25) is 0 Å². The summed E-state index contributed by atoms with van der Waals surface area (Å²) in [4.78, 5) is 7.44. The van der Waals surface area contributed by atoms with Crippen LogP contribution in [0, 0.1) is 11.3 Å². The molecule has 0 unspecified atom stereocenters. The lowest BCUT2D eigenvalue weighted by Crippen LogP contribution is -1.76. The Morgan fingerprint density at radius 2 is 2.45 bits per heavy atom. The van der Waals surface area contributed by atoms with Gasteiger partial charge in [0.05, 0.1) is 16.9 Å². The second kappa shape index (κ2) is 3.57. The van der Waals surface area contributed by atoms with Gasteiger partial charge in [-0.3, -0.25) is 4.98 Å². The molecule has 0 fully saturated rings. The zero-order valence-corrected chi connectivity index (χ0v) is 6.30. The van der Waals surface area contributed by atoms with Crippen molar-refractivity contribution in [1.29, 1.82) is 5.26 Å². The summed E-state index contributed by atoms with van der Waals surface area (Å²) in [5.74, 6) is 0. The Labute approximate surface area is 69.0 Å². The molecule has 0 aliphatic heterocycles. The Kier molecular flexibility index (Phi) is 2.45. The lowest BCUT2D eigenvalue weighted by molar-refractivity contribution is 1.29. The second-order valence-corrected chi connectivity index (χ2v) is 1.89. The molecule has 0 radical (unpaired) electrons. The molecule has 0 aromatic carbocycles. The summed E-state index contributed by atoms with van der Waals surface area (Å²) in [6.45, 7) is 0. The van der Waals surface area contributed by atoms with E-state index in [2.05, 4.69) is 27.4 Å². The van der Waals surface area contributed by atoms with Crippen LogP contribution in [-0.4, -0.2) is 10.1 Å². The van der Waals surface area contributed by atoms with Crippen LogP contribution >= 0.6 is 12.2 Å². The van der Waals surface area contributed by atoms with E-state index in [-0.39, 0.29) is 0 Å². The summed E-state index contributed by atoms with van der Waals surface area (Å²) in [6, 6.07) is 3.54. The van der Waals surface area contributed by atoms with E-state index in [9.17, 15) is 0 Å². The van der Waals surface area contributed by atoms with Crippen LogP contribution in [-0.2, 0) is 0 Å². The van der Waals surface area contributed by atoms with Gasteiger partial charge in [0.15, 0.2) is 0 Å². The number of nitriles is 1. The average molecular weight is 161 g/mol. The molecule has 4 heteroatoms. The van der Waals surface area contributed by atoms with Crippen molar-refractivity contribution in [2.45, 2.75) is 0 Å². The number of nitrogens with zero attached hydrogens (tertiary/aromatic N) is 3. The standard InChI is InChI=1S/C7H3N3S/c8-3-6-1-2-9-4-7(6)10-5-11/h1-2,4H. The van der Waals surface area contributed by atoms with Gasteiger partial charge in [-0.15, -0.1) is 0 Å². The van der Waals surface area contributed by atoms with Crippen LogP contribution in [0.1, 0.15) is 5.56 Å². The molecular weight excluding hydrogens is 158 g/mol. The summed E-state index contributed by atoms with van der Waals surface area (Å²) in [7, 11) is 0. The summed E-state index contributed by atoms with van der Waals surface area (Å²) in [5, 5.41) is 10.7. The van der Waals surface area contributed by atoms with E-state index in [1.165, 1.54) is 12.4 Å². The highest BCUT2D eigenvalue weighted by Gasteiger charge is 1.96. The molecule has 3 nitrogen and oxygen atoms in total. The van der Waals surface area contributed by atoms with E-state index in [4.69, 9.17) is 5.26 Å². The molecule has 1 rings (SSSR count). The predicted molar refractivity (Wildman–Crippen MR) is 43.6 cm³/mol. The third-order valence-corrected chi connectivity index (χ3v) is 1.18. The molecule has 52 valence electrons. The molecule has 1 heterocycles. The van der Waals surface area contributed by atoms with Gasteiger partial charge < -0.3 is 0 Å². The van der Waals surface area contributed by atoms with Gasteiger partial charge in [-0.25, -0.2) is 0 Å².